The first kappa shape index (κ1) is 18.2. The van der Waals surface area contributed by atoms with Crippen LogP contribution in [0.2, 0.25) is 0 Å². The van der Waals surface area contributed by atoms with E-state index in [4.69, 9.17) is 9.84 Å². The summed E-state index contributed by atoms with van der Waals surface area (Å²) in [5, 5.41) is 9.16. The van der Waals surface area contributed by atoms with Crippen molar-refractivity contribution in [2.45, 2.75) is 64.9 Å². The standard InChI is InChI=1S/C18H26O4/c1-4-6-7-10-13-18(3,5-2)22-17(21)15-12-9-8-11-14(15)16(19)20/h8-9,11-12H,4-7,10,13H2,1-3H3,(H,19,20). The van der Waals surface area contributed by atoms with Crippen LogP contribution in [0, 0.1) is 0 Å². The Labute approximate surface area is 132 Å². The normalized spacial score (nSPS) is 13.4. The molecule has 0 fully saturated rings. The smallest absolute Gasteiger partial charge is 0.339 e. The third kappa shape index (κ3) is 5.17. The van der Waals surface area contributed by atoms with Gasteiger partial charge in [-0.3, -0.25) is 0 Å². The van der Waals surface area contributed by atoms with Crippen molar-refractivity contribution in [3.05, 3.63) is 35.4 Å². The molecule has 1 N–H and O–H groups in total. The minimum absolute atomic E-state index is 0.0167. The number of hydrogen-bond acceptors (Lipinski definition) is 3. The second-order valence-electron chi connectivity index (χ2n) is 5.85. The number of carbonyl (C=O) groups is 2. The Balaban J connectivity index is 2.78. The highest BCUT2D eigenvalue weighted by Gasteiger charge is 2.28. The number of rotatable bonds is 9. The molecule has 1 aromatic rings. The zero-order valence-electron chi connectivity index (χ0n) is 13.7. The van der Waals surface area contributed by atoms with Gasteiger partial charge >= 0.3 is 11.9 Å². The molecular formula is C18H26O4. The molecule has 1 atom stereocenters. The number of ether oxygens (including phenoxy) is 1. The van der Waals surface area contributed by atoms with Crippen molar-refractivity contribution in [3.63, 3.8) is 0 Å². The number of carbonyl (C=O) groups excluding carboxylic acids is 1. The van der Waals surface area contributed by atoms with E-state index in [9.17, 15) is 9.59 Å². The second-order valence-corrected chi connectivity index (χ2v) is 5.85. The lowest BCUT2D eigenvalue weighted by atomic mass is 9.94. The van der Waals surface area contributed by atoms with E-state index in [0.717, 1.165) is 25.7 Å². The summed E-state index contributed by atoms with van der Waals surface area (Å²) < 4.78 is 5.64. The second kappa shape index (κ2) is 8.57. The van der Waals surface area contributed by atoms with E-state index in [1.165, 1.54) is 18.6 Å². The van der Waals surface area contributed by atoms with Gasteiger partial charge in [0.1, 0.15) is 5.60 Å². The number of carboxylic acids is 1. The van der Waals surface area contributed by atoms with Gasteiger partial charge in [-0.15, -0.1) is 0 Å². The van der Waals surface area contributed by atoms with Crippen LogP contribution in [-0.2, 0) is 4.74 Å². The molecule has 4 nitrogen and oxygen atoms in total. The topological polar surface area (TPSA) is 63.6 Å². The summed E-state index contributed by atoms with van der Waals surface area (Å²) in [6, 6.07) is 6.17. The molecule has 22 heavy (non-hydrogen) atoms. The van der Waals surface area contributed by atoms with Gasteiger partial charge in [0.15, 0.2) is 0 Å². The van der Waals surface area contributed by atoms with Gasteiger partial charge in [-0.2, -0.15) is 0 Å². The lowest BCUT2D eigenvalue weighted by molar-refractivity contribution is -0.0167. The van der Waals surface area contributed by atoms with Crippen molar-refractivity contribution < 1.29 is 19.4 Å². The molecular weight excluding hydrogens is 280 g/mol. The van der Waals surface area contributed by atoms with E-state index in [1.807, 2.05) is 13.8 Å². The molecule has 0 spiro atoms. The predicted octanol–water partition coefficient (Wildman–Crippen LogP) is 4.68. The number of aromatic carboxylic acids is 1. The molecule has 0 aliphatic carbocycles. The largest absolute Gasteiger partial charge is 0.478 e. The first-order valence-electron chi connectivity index (χ1n) is 7.99. The molecule has 122 valence electrons. The average Bonchev–Trinajstić information content (AvgIpc) is 2.51. The Morgan fingerprint density at radius 1 is 1.09 bits per heavy atom. The monoisotopic (exact) mass is 306 g/mol. The Bertz CT molecular complexity index is 510. The highest BCUT2D eigenvalue weighted by molar-refractivity contribution is 6.02. The maximum Gasteiger partial charge on any atom is 0.339 e. The fourth-order valence-electron chi connectivity index (χ4n) is 2.35. The third-order valence-electron chi connectivity index (χ3n) is 4.02. The summed E-state index contributed by atoms with van der Waals surface area (Å²) in [7, 11) is 0. The van der Waals surface area contributed by atoms with Crippen molar-refractivity contribution in [1.29, 1.82) is 0 Å². The lowest BCUT2D eigenvalue weighted by Crippen LogP contribution is -2.31. The van der Waals surface area contributed by atoms with Crippen LogP contribution in [0.25, 0.3) is 0 Å². The van der Waals surface area contributed by atoms with Crippen molar-refractivity contribution in [1.82, 2.24) is 0 Å². The SMILES string of the molecule is CCCCCCC(C)(CC)OC(=O)c1ccccc1C(=O)O. The summed E-state index contributed by atoms with van der Waals surface area (Å²) in [5.74, 6) is -1.67. The molecule has 0 aliphatic heterocycles. The number of unbranched alkanes of at least 4 members (excludes halogenated alkanes) is 3. The number of benzene rings is 1. The van der Waals surface area contributed by atoms with Crippen LogP contribution in [0.3, 0.4) is 0 Å². The molecule has 0 aromatic heterocycles. The first-order valence-corrected chi connectivity index (χ1v) is 7.99. The fraction of sp³-hybridized carbons (Fsp3) is 0.556. The molecule has 1 unspecified atom stereocenters. The fourth-order valence-corrected chi connectivity index (χ4v) is 2.35. The summed E-state index contributed by atoms with van der Waals surface area (Å²) in [4.78, 5) is 23.5. The van der Waals surface area contributed by atoms with Crippen LogP contribution in [-0.4, -0.2) is 22.6 Å². The van der Waals surface area contributed by atoms with E-state index in [2.05, 4.69) is 6.92 Å². The van der Waals surface area contributed by atoms with Crippen LogP contribution in [0.5, 0.6) is 0 Å². The summed E-state index contributed by atoms with van der Waals surface area (Å²) in [6.45, 7) is 6.05. The van der Waals surface area contributed by atoms with Crippen LogP contribution in [0.1, 0.15) is 80.0 Å². The number of carboxylic acid groups (broad SMARTS) is 1. The van der Waals surface area contributed by atoms with E-state index in [1.54, 1.807) is 12.1 Å². The molecule has 0 bridgehead atoms. The van der Waals surface area contributed by atoms with Gasteiger partial charge < -0.3 is 9.84 Å². The van der Waals surface area contributed by atoms with E-state index < -0.39 is 17.5 Å². The highest BCUT2D eigenvalue weighted by atomic mass is 16.6. The minimum Gasteiger partial charge on any atom is -0.478 e. The summed E-state index contributed by atoms with van der Waals surface area (Å²) >= 11 is 0. The summed E-state index contributed by atoms with van der Waals surface area (Å²) in [6.07, 6.45) is 5.97. The Morgan fingerprint density at radius 2 is 1.73 bits per heavy atom. The van der Waals surface area contributed by atoms with Crippen molar-refractivity contribution in [3.8, 4) is 0 Å². The van der Waals surface area contributed by atoms with Gasteiger partial charge in [-0.1, -0.05) is 45.2 Å². The zero-order valence-corrected chi connectivity index (χ0v) is 13.7. The van der Waals surface area contributed by atoms with Crippen LogP contribution in [0.15, 0.2) is 24.3 Å². The third-order valence-corrected chi connectivity index (χ3v) is 4.02. The highest BCUT2D eigenvalue weighted by Crippen LogP contribution is 2.25. The van der Waals surface area contributed by atoms with Crippen LogP contribution in [0.4, 0.5) is 0 Å². The molecule has 0 saturated carbocycles. The maximum absolute atomic E-state index is 12.3. The van der Waals surface area contributed by atoms with Gasteiger partial charge in [0.2, 0.25) is 0 Å². The molecule has 0 saturated heterocycles. The predicted molar refractivity (Wildman–Crippen MR) is 86.3 cm³/mol. The number of hydrogen-bond donors (Lipinski definition) is 1. The van der Waals surface area contributed by atoms with Gasteiger partial charge in [-0.25, -0.2) is 9.59 Å². The quantitative estimate of drug-likeness (QED) is 0.531. The Morgan fingerprint density at radius 3 is 2.27 bits per heavy atom. The van der Waals surface area contributed by atoms with Gasteiger partial charge in [0.25, 0.3) is 0 Å². The minimum atomic E-state index is -1.12. The maximum atomic E-state index is 12.3. The van der Waals surface area contributed by atoms with Crippen LogP contribution < -0.4 is 0 Å². The van der Waals surface area contributed by atoms with Gasteiger partial charge in [0, 0.05) is 0 Å². The van der Waals surface area contributed by atoms with E-state index in [-0.39, 0.29) is 11.1 Å². The Hall–Kier alpha value is -1.84. The zero-order chi connectivity index (χ0) is 16.6. The first-order chi connectivity index (χ1) is 10.4. The van der Waals surface area contributed by atoms with Crippen molar-refractivity contribution >= 4 is 11.9 Å². The molecule has 1 aromatic carbocycles. The van der Waals surface area contributed by atoms with E-state index in [0.29, 0.717) is 6.42 Å². The lowest BCUT2D eigenvalue weighted by Gasteiger charge is -2.28. The average molecular weight is 306 g/mol. The number of esters is 1. The summed E-state index contributed by atoms with van der Waals surface area (Å²) in [5.41, 5.74) is -0.448. The van der Waals surface area contributed by atoms with Gasteiger partial charge in [0.05, 0.1) is 11.1 Å². The molecule has 0 aliphatic rings. The van der Waals surface area contributed by atoms with Crippen molar-refractivity contribution in [2.24, 2.45) is 0 Å². The molecule has 4 heteroatoms. The molecule has 0 amide bonds. The Kier molecular flexibility index (Phi) is 7.09. The van der Waals surface area contributed by atoms with Crippen molar-refractivity contribution in [2.75, 3.05) is 0 Å². The molecule has 1 rings (SSSR count). The van der Waals surface area contributed by atoms with Gasteiger partial charge in [-0.05, 0) is 38.3 Å². The van der Waals surface area contributed by atoms with Crippen LogP contribution >= 0.6 is 0 Å². The van der Waals surface area contributed by atoms with E-state index >= 15 is 0 Å². The molecule has 0 radical (unpaired) electrons. The molecule has 0 heterocycles.